The van der Waals surface area contributed by atoms with Gasteiger partial charge in [-0.25, -0.2) is 13.4 Å². The van der Waals surface area contributed by atoms with Crippen LogP contribution in [0, 0.1) is 5.92 Å². The Bertz CT molecular complexity index is 1250. The number of hydrogen-bond acceptors (Lipinski definition) is 4. The molecule has 1 saturated carbocycles. The van der Waals surface area contributed by atoms with Crippen LogP contribution in [0.15, 0.2) is 53.4 Å². The summed E-state index contributed by atoms with van der Waals surface area (Å²) in [7, 11) is -3.71. The van der Waals surface area contributed by atoms with Crippen molar-refractivity contribution >= 4 is 27.0 Å². The lowest BCUT2D eigenvalue weighted by molar-refractivity contribution is -0.126. The van der Waals surface area contributed by atoms with E-state index in [-0.39, 0.29) is 29.3 Å². The lowest BCUT2D eigenvalue weighted by atomic mass is 9.97. The summed E-state index contributed by atoms with van der Waals surface area (Å²) in [6, 6.07) is 15.0. The zero-order chi connectivity index (χ0) is 23.5. The third-order valence-corrected chi connectivity index (χ3v) is 8.96. The number of carbonyl (C=O) groups is 1. The van der Waals surface area contributed by atoms with Crippen LogP contribution < -0.4 is 5.32 Å². The molecular weight excluding hydrogens is 448 g/mol. The predicted octanol–water partition coefficient (Wildman–Crippen LogP) is 4.47. The van der Waals surface area contributed by atoms with E-state index in [4.69, 9.17) is 0 Å². The van der Waals surface area contributed by atoms with Crippen LogP contribution in [0.4, 0.5) is 0 Å². The number of rotatable bonds is 5. The van der Waals surface area contributed by atoms with Crippen molar-refractivity contribution in [3.63, 3.8) is 0 Å². The molecule has 2 aromatic carbocycles. The van der Waals surface area contributed by atoms with E-state index in [0.717, 1.165) is 43.2 Å². The number of imidazole rings is 1. The highest BCUT2D eigenvalue weighted by Crippen LogP contribution is 2.28. The van der Waals surface area contributed by atoms with Gasteiger partial charge in [0.1, 0.15) is 5.82 Å². The molecule has 1 atom stereocenters. The second kappa shape index (κ2) is 9.88. The van der Waals surface area contributed by atoms with Gasteiger partial charge in [0.15, 0.2) is 0 Å². The van der Waals surface area contributed by atoms with Crippen molar-refractivity contribution in [1.82, 2.24) is 19.6 Å². The van der Waals surface area contributed by atoms with Crippen molar-refractivity contribution in [3.05, 3.63) is 48.5 Å². The Morgan fingerprint density at radius 1 is 0.971 bits per heavy atom. The van der Waals surface area contributed by atoms with Gasteiger partial charge in [0.25, 0.3) is 0 Å². The fourth-order valence-electron chi connectivity index (χ4n) is 5.15. The predicted molar refractivity (Wildman–Crippen MR) is 133 cm³/mol. The van der Waals surface area contributed by atoms with Gasteiger partial charge in [-0.3, -0.25) is 4.79 Å². The number of amides is 1. The maximum atomic E-state index is 13.5. The lowest BCUT2D eigenvalue weighted by Crippen LogP contribution is -2.47. The van der Waals surface area contributed by atoms with E-state index < -0.39 is 10.0 Å². The van der Waals surface area contributed by atoms with Gasteiger partial charge < -0.3 is 10.3 Å². The second-order valence-electron chi connectivity index (χ2n) is 9.53. The molecule has 180 valence electrons. The van der Waals surface area contributed by atoms with Gasteiger partial charge in [-0.15, -0.1) is 0 Å². The number of aromatic nitrogens is 2. The SMILES string of the molecule is O=C(NC1CCCCCC1)C1CCCN(S(=O)(=O)c2ccc3nc(-c4ccccc4)[nH]c3c2)C1. The minimum atomic E-state index is -3.71. The van der Waals surface area contributed by atoms with Crippen LogP contribution >= 0.6 is 0 Å². The molecule has 34 heavy (non-hydrogen) atoms. The summed E-state index contributed by atoms with van der Waals surface area (Å²) < 4.78 is 28.4. The normalized spacial score (nSPS) is 20.8. The molecular formula is C26H32N4O3S. The van der Waals surface area contributed by atoms with Crippen molar-refractivity contribution in [2.45, 2.75) is 62.3 Å². The maximum absolute atomic E-state index is 13.5. The molecule has 2 aliphatic rings. The average molecular weight is 481 g/mol. The van der Waals surface area contributed by atoms with Crippen LogP contribution in [0.3, 0.4) is 0 Å². The Kier molecular flexibility index (Phi) is 6.70. The zero-order valence-corrected chi connectivity index (χ0v) is 20.2. The van der Waals surface area contributed by atoms with Crippen LogP contribution in [-0.2, 0) is 14.8 Å². The Hall–Kier alpha value is -2.71. The molecule has 1 aliphatic carbocycles. The smallest absolute Gasteiger partial charge is 0.243 e. The lowest BCUT2D eigenvalue weighted by Gasteiger charge is -2.32. The quantitative estimate of drug-likeness (QED) is 0.527. The molecule has 2 N–H and O–H groups in total. The summed E-state index contributed by atoms with van der Waals surface area (Å²) in [5.74, 6) is 0.411. The molecule has 1 unspecified atom stereocenters. The monoisotopic (exact) mass is 480 g/mol. The van der Waals surface area contributed by atoms with E-state index in [0.29, 0.717) is 24.3 Å². The van der Waals surface area contributed by atoms with E-state index in [1.807, 2.05) is 30.3 Å². The van der Waals surface area contributed by atoms with E-state index in [9.17, 15) is 13.2 Å². The van der Waals surface area contributed by atoms with Gasteiger partial charge in [-0.1, -0.05) is 56.0 Å². The van der Waals surface area contributed by atoms with E-state index in [1.165, 1.54) is 17.1 Å². The molecule has 2 heterocycles. The van der Waals surface area contributed by atoms with Crippen molar-refractivity contribution < 1.29 is 13.2 Å². The minimum absolute atomic E-state index is 0.00308. The van der Waals surface area contributed by atoms with Crippen molar-refractivity contribution in [1.29, 1.82) is 0 Å². The van der Waals surface area contributed by atoms with Gasteiger partial charge in [-0.2, -0.15) is 4.31 Å². The van der Waals surface area contributed by atoms with Gasteiger partial charge in [0.2, 0.25) is 15.9 Å². The summed E-state index contributed by atoms with van der Waals surface area (Å²) in [5.41, 5.74) is 2.35. The summed E-state index contributed by atoms with van der Waals surface area (Å²) in [4.78, 5) is 21.0. The van der Waals surface area contributed by atoms with Crippen molar-refractivity contribution in [2.75, 3.05) is 13.1 Å². The van der Waals surface area contributed by atoms with Crippen molar-refractivity contribution in [3.8, 4) is 11.4 Å². The first-order valence-electron chi connectivity index (χ1n) is 12.4. The summed E-state index contributed by atoms with van der Waals surface area (Å²) in [5, 5.41) is 3.21. The topological polar surface area (TPSA) is 95.2 Å². The highest BCUT2D eigenvalue weighted by molar-refractivity contribution is 7.89. The Balaban J connectivity index is 1.31. The second-order valence-corrected chi connectivity index (χ2v) is 11.5. The Labute approximate surface area is 201 Å². The van der Waals surface area contributed by atoms with Crippen LogP contribution in [-0.4, -0.2) is 47.7 Å². The van der Waals surface area contributed by atoms with Crippen LogP contribution in [0.25, 0.3) is 22.4 Å². The molecule has 0 spiro atoms. The van der Waals surface area contributed by atoms with Crippen molar-refractivity contribution in [2.24, 2.45) is 5.92 Å². The van der Waals surface area contributed by atoms with Gasteiger partial charge in [0, 0.05) is 24.7 Å². The number of piperidine rings is 1. The molecule has 1 saturated heterocycles. The molecule has 0 bridgehead atoms. The molecule has 1 aliphatic heterocycles. The number of nitrogens with one attached hydrogen (secondary N) is 2. The van der Waals surface area contributed by atoms with Crippen LogP contribution in [0.2, 0.25) is 0 Å². The molecule has 1 aromatic heterocycles. The first kappa shape index (κ1) is 23.1. The number of aromatic amines is 1. The van der Waals surface area contributed by atoms with Gasteiger partial charge in [-0.05, 0) is 43.9 Å². The molecule has 8 heteroatoms. The first-order chi connectivity index (χ1) is 16.5. The van der Waals surface area contributed by atoms with E-state index >= 15 is 0 Å². The molecule has 5 rings (SSSR count). The number of H-pyrrole nitrogens is 1. The third kappa shape index (κ3) is 4.88. The maximum Gasteiger partial charge on any atom is 0.243 e. The zero-order valence-electron chi connectivity index (χ0n) is 19.4. The highest BCUT2D eigenvalue weighted by atomic mass is 32.2. The highest BCUT2D eigenvalue weighted by Gasteiger charge is 2.34. The number of nitrogens with zero attached hydrogens (tertiary/aromatic N) is 2. The minimum Gasteiger partial charge on any atom is -0.353 e. The van der Waals surface area contributed by atoms with Gasteiger partial charge >= 0.3 is 0 Å². The number of benzene rings is 2. The Morgan fingerprint density at radius 2 is 1.74 bits per heavy atom. The number of fused-ring (bicyclic) bond motifs is 1. The standard InChI is InChI=1S/C26H32N4O3S/c31-26(27-21-12-6-1-2-7-13-21)20-11-8-16-30(18-20)34(32,33)22-14-15-23-24(17-22)29-25(28-23)19-9-4-3-5-10-19/h3-5,9-10,14-15,17,20-21H,1-2,6-8,11-13,16,18H2,(H,27,31)(H,28,29). The van der Waals surface area contributed by atoms with Crippen LogP contribution in [0.1, 0.15) is 51.4 Å². The molecule has 1 amide bonds. The number of carbonyl (C=O) groups excluding carboxylic acids is 1. The van der Waals surface area contributed by atoms with Crippen LogP contribution in [0.5, 0.6) is 0 Å². The van der Waals surface area contributed by atoms with E-state index in [1.54, 1.807) is 18.2 Å². The Morgan fingerprint density at radius 3 is 2.50 bits per heavy atom. The molecule has 0 radical (unpaired) electrons. The summed E-state index contributed by atoms with van der Waals surface area (Å²) in [6.07, 6.45) is 8.23. The molecule has 3 aromatic rings. The largest absolute Gasteiger partial charge is 0.353 e. The van der Waals surface area contributed by atoms with Gasteiger partial charge in [0.05, 0.1) is 21.8 Å². The number of sulfonamides is 1. The molecule has 2 fully saturated rings. The summed E-state index contributed by atoms with van der Waals surface area (Å²) >= 11 is 0. The fraction of sp³-hybridized carbons (Fsp3) is 0.462. The third-order valence-electron chi connectivity index (χ3n) is 7.09. The molecule has 7 nitrogen and oxygen atoms in total. The van der Waals surface area contributed by atoms with E-state index in [2.05, 4.69) is 15.3 Å². The first-order valence-corrected chi connectivity index (χ1v) is 13.8. The number of hydrogen-bond donors (Lipinski definition) is 2. The fourth-order valence-corrected chi connectivity index (χ4v) is 6.70. The summed E-state index contributed by atoms with van der Waals surface area (Å²) in [6.45, 7) is 0.670. The average Bonchev–Trinajstić information content (AvgIpc) is 3.13.